The zero-order valence-electron chi connectivity index (χ0n) is 6.97. The quantitative estimate of drug-likeness (QED) is 0.799. The van der Waals surface area contributed by atoms with E-state index in [-0.39, 0.29) is 11.4 Å². The van der Waals surface area contributed by atoms with Crippen LogP contribution in [-0.4, -0.2) is 9.67 Å². The molecule has 1 rings (SSSR count). The van der Waals surface area contributed by atoms with Crippen LogP contribution in [0.2, 0.25) is 0 Å². The van der Waals surface area contributed by atoms with E-state index in [1.807, 2.05) is 6.92 Å². The number of halogens is 1. The Bertz CT molecular complexity index is 357. The van der Waals surface area contributed by atoms with Gasteiger partial charge in [0.15, 0.2) is 0 Å². The van der Waals surface area contributed by atoms with Crippen molar-refractivity contribution in [1.82, 2.24) is 4.57 Å². The van der Waals surface area contributed by atoms with Crippen LogP contribution >= 0.6 is 15.9 Å². The number of pyridine rings is 1. The number of rotatable bonds is 1. The molecule has 0 bridgehead atoms. The monoisotopic (exact) mass is 231 g/mol. The predicted molar refractivity (Wildman–Crippen MR) is 50.5 cm³/mol. The molecule has 1 aromatic rings. The van der Waals surface area contributed by atoms with E-state index in [1.54, 1.807) is 6.92 Å². The summed E-state index contributed by atoms with van der Waals surface area (Å²) in [6.45, 7) is 4.05. The first-order valence-electron chi connectivity index (χ1n) is 3.66. The normalized spacial score (nSPS) is 10.2. The smallest absolute Gasteiger partial charge is 0.253 e. The van der Waals surface area contributed by atoms with Crippen molar-refractivity contribution in [3.8, 4) is 5.88 Å². The molecule has 0 unspecified atom stereocenters. The van der Waals surface area contributed by atoms with Crippen LogP contribution in [0.4, 0.5) is 0 Å². The number of aromatic nitrogens is 1. The third-order valence-corrected chi connectivity index (χ3v) is 2.70. The summed E-state index contributed by atoms with van der Waals surface area (Å²) in [5.41, 5.74) is 0.581. The molecule has 0 fully saturated rings. The topological polar surface area (TPSA) is 42.2 Å². The van der Waals surface area contributed by atoms with Gasteiger partial charge in [-0.2, -0.15) is 0 Å². The van der Waals surface area contributed by atoms with Crippen molar-refractivity contribution in [3.63, 3.8) is 0 Å². The van der Waals surface area contributed by atoms with Gasteiger partial charge in [-0.05, 0) is 35.3 Å². The van der Waals surface area contributed by atoms with Crippen molar-refractivity contribution < 1.29 is 5.11 Å². The van der Waals surface area contributed by atoms with Crippen LogP contribution in [-0.2, 0) is 6.54 Å². The molecule has 0 amide bonds. The standard InChI is InChI=1S/C8H10BrNO2/c1-3-10-6(11)4-5(2)7(9)8(10)12/h4,12H,3H2,1-2H3. The molecule has 12 heavy (non-hydrogen) atoms. The van der Waals surface area contributed by atoms with Gasteiger partial charge in [-0.15, -0.1) is 0 Å². The number of nitrogens with zero attached hydrogens (tertiary/aromatic N) is 1. The SMILES string of the molecule is CCn1c(O)c(Br)c(C)cc1=O. The second-order valence-corrected chi connectivity index (χ2v) is 3.34. The molecule has 1 aromatic heterocycles. The Morgan fingerprint density at radius 3 is 2.75 bits per heavy atom. The third-order valence-electron chi connectivity index (χ3n) is 1.72. The Kier molecular flexibility index (Phi) is 2.57. The summed E-state index contributed by atoms with van der Waals surface area (Å²) < 4.78 is 1.89. The maximum Gasteiger partial charge on any atom is 0.253 e. The molecular weight excluding hydrogens is 222 g/mol. The summed E-state index contributed by atoms with van der Waals surface area (Å²) in [6.07, 6.45) is 0. The summed E-state index contributed by atoms with van der Waals surface area (Å²) in [5.74, 6) is 0.00231. The Labute approximate surface area is 78.8 Å². The second-order valence-electron chi connectivity index (χ2n) is 2.55. The van der Waals surface area contributed by atoms with E-state index in [0.29, 0.717) is 11.0 Å². The molecule has 0 radical (unpaired) electrons. The van der Waals surface area contributed by atoms with Gasteiger partial charge in [-0.3, -0.25) is 9.36 Å². The van der Waals surface area contributed by atoms with Crippen LogP contribution in [0.1, 0.15) is 12.5 Å². The Hall–Kier alpha value is -0.770. The van der Waals surface area contributed by atoms with E-state index in [9.17, 15) is 9.90 Å². The highest BCUT2D eigenvalue weighted by molar-refractivity contribution is 9.10. The minimum atomic E-state index is -0.171. The van der Waals surface area contributed by atoms with E-state index in [4.69, 9.17) is 0 Å². The Morgan fingerprint density at radius 2 is 2.25 bits per heavy atom. The van der Waals surface area contributed by atoms with Crippen molar-refractivity contribution in [3.05, 3.63) is 26.5 Å². The lowest BCUT2D eigenvalue weighted by Crippen LogP contribution is -2.18. The minimum absolute atomic E-state index is 0.00231. The highest BCUT2D eigenvalue weighted by Crippen LogP contribution is 2.24. The van der Waals surface area contributed by atoms with Gasteiger partial charge in [0.25, 0.3) is 5.56 Å². The van der Waals surface area contributed by atoms with Crippen LogP contribution in [0.25, 0.3) is 0 Å². The minimum Gasteiger partial charge on any atom is -0.494 e. The molecule has 1 N–H and O–H groups in total. The molecule has 0 spiro atoms. The van der Waals surface area contributed by atoms with Gasteiger partial charge in [0, 0.05) is 12.6 Å². The molecule has 4 heteroatoms. The highest BCUT2D eigenvalue weighted by Gasteiger charge is 2.07. The molecule has 0 aliphatic carbocycles. The van der Waals surface area contributed by atoms with Crippen LogP contribution < -0.4 is 5.56 Å². The first kappa shape index (κ1) is 9.32. The van der Waals surface area contributed by atoms with Crippen molar-refractivity contribution in [1.29, 1.82) is 0 Å². The highest BCUT2D eigenvalue weighted by atomic mass is 79.9. The summed E-state index contributed by atoms with van der Waals surface area (Å²) in [5, 5.41) is 9.48. The fraction of sp³-hybridized carbons (Fsp3) is 0.375. The van der Waals surface area contributed by atoms with Gasteiger partial charge in [0.2, 0.25) is 5.88 Å². The molecular formula is C8H10BrNO2. The van der Waals surface area contributed by atoms with Gasteiger partial charge < -0.3 is 5.11 Å². The van der Waals surface area contributed by atoms with Gasteiger partial charge in [0.1, 0.15) is 0 Å². The Morgan fingerprint density at radius 1 is 1.67 bits per heavy atom. The summed E-state index contributed by atoms with van der Waals surface area (Å²) >= 11 is 3.20. The van der Waals surface area contributed by atoms with E-state index < -0.39 is 0 Å². The first-order valence-corrected chi connectivity index (χ1v) is 4.46. The van der Waals surface area contributed by atoms with Crippen molar-refractivity contribution in [2.24, 2.45) is 0 Å². The van der Waals surface area contributed by atoms with Crippen LogP contribution in [0.5, 0.6) is 5.88 Å². The summed E-state index contributed by atoms with van der Waals surface area (Å²) in [6, 6.07) is 1.49. The van der Waals surface area contributed by atoms with Gasteiger partial charge in [-0.1, -0.05) is 0 Å². The van der Waals surface area contributed by atoms with E-state index in [1.165, 1.54) is 10.6 Å². The maximum atomic E-state index is 11.2. The number of aromatic hydroxyl groups is 1. The predicted octanol–water partition coefficient (Wildman–Crippen LogP) is 1.64. The third kappa shape index (κ3) is 1.39. The Balaban J connectivity index is 3.52. The summed E-state index contributed by atoms with van der Waals surface area (Å²) in [7, 11) is 0. The lowest BCUT2D eigenvalue weighted by atomic mass is 10.3. The van der Waals surface area contributed by atoms with Gasteiger partial charge in [-0.25, -0.2) is 0 Å². The second kappa shape index (κ2) is 3.31. The molecule has 0 aliphatic heterocycles. The molecule has 1 heterocycles. The number of hydrogen-bond acceptors (Lipinski definition) is 2. The van der Waals surface area contributed by atoms with Crippen molar-refractivity contribution >= 4 is 15.9 Å². The average molecular weight is 232 g/mol. The first-order chi connectivity index (χ1) is 5.57. The molecule has 0 aromatic carbocycles. The van der Waals surface area contributed by atoms with Gasteiger partial charge in [0.05, 0.1) is 4.47 Å². The zero-order chi connectivity index (χ0) is 9.30. The van der Waals surface area contributed by atoms with Crippen LogP contribution in [0.3, 0.4) is 0 Å². The fourth-order valence-corrected chi connectivity index (χ4v) is 1.36. The molecule has 0 atom stereocenters. The van der Waals surface area contributed by atoms with E-state index in [2.05, 4.69) is 15.9 Å². The largest absolute Gasteiger partial charge is 0.494 e. The van der Waals surface area contributed by atoms with E-state index in [0.717, 1.165) is 5.56 Å². The van der Waals surface area contributed by atoms with Crippen molar-refractivity contribution in [2.45, 2.75) is 20.4 Å². The van der Waals surface area contributed by atoms with E-state index >= 15 is 0 Å². The van der Waals surface area contributed by atoms with Crippen LogP contribution in [0.15, 0.2) is 15.3 Å². The molecule has 0 aliphatic rings. The fourth-order valence-electron chi connectivity index (χ4n) is 1.03. The molecule has 0 saturated heterocycles. The number of hydrogen-bond donors (Lipinski definition) is 1. The molecule has 66 valence electrons. The van der Waals surface area contributed by atoms with Crippen molar-refractivity contribution in [2.75, 3.05) is 0 Å². The zero-order valence-corrected chi connectivity index (χ0v) is 8.55. The average Bonchev–Trinajstić information content (AvgIpc) is 2.01. The van der Waals surface area contributed by atoms with Gasteiger partial charge >= 0.3 is 0 Å². The maximum absolute atomic E-state index is 11.2. The lowest BCUT2D eigenvalue weighted by molar-refractivity contribution is 0.407. The molecule has 3 nitrogen and oxygen atoms in total. The summed E-state index contributed by atoms with van der Waals surface area (Å²) in [4.78, 5) is 11.2. The van der Waals surface area contributed by atoms with Crippen LogP contribution in [0, 0.1) is 6.92 Å². The molecule has 0 saturated carbocycles. The lowest BCUT2D eigenvalue weighted by Gasteiger charge is -2.08. The number of aryl methyl sites for hydroxylation is 1.